The molecule has 0 aliphatic heterocycles. The number of nitrogens with one attached hydrogen (secondary N) is 1. The smallest absolute Gasteiger partial charge is 0.423 e. The summed E-state index contributed by atoms with van der Waals surface area (Å²) in [5.41, 5.74) is 0.448. The largest absolute Gasteiger partial charge is 0.488 e. The number of carbonyl (C=O) groups excluding carboxylic acids is 1. The highest BCUT2D eigenvalue weighted by Crippen LogP contribution is 2.28. The summed E-state index contributed by atoms with van der Waals surface area (Å²) in [7, 11) is -1.46. The third-order valence-electron chi connectivity index (χ3n) is 2.14. The van der Waals surface area contributed by atoms with Crippen molar-refractivity contribution in [2.45, 2.75) is 6.92 Å². The van der Waals surface area contributed by atoms with Crippen LogP contribution in [0.25, 0.3) is 10.1 Å². The van der Waals surface area contributed by atoms with Crippen molar-refractivity contribution in [3.8, 4) is 0 Å². The molecule has 1 aromatic carbocycles. The van der Waals surface area contributed by atoms with Crippen molar-refractivity contribution < 1.29 is 14.8 Å². The van der Waals surface area contributed by atoms with Crippen LogP contribution < -0.4 is 10.8 Å². The first-order chi connectivity index (χ1) is 7.56. The van der Waals surface area contributed by atoms with Gasteiger partial charge in [0.1, 0.15) is 0 Å². The average molecular weight is 235 g/mol. The van der Waals surface area contributed by atoms with Gasteiger partial charge in [-0.1, -0.05) is 12.1 Å². The summed E-state index contributed by atoms with van der Waals surface area (Å²) in [4.78, 5) is 10.9. The Bertz CT molecular complexity index is 538. The topological polar surface area (TPSA) is 69.6 Å². The van der Waals surface area contributed by atoms with Crippen LogP contribution in [0.2, 0.25) is 0 Å². The van der Waals surface area contributed by atoms with Gasteiger partial charge in [0.2, 0.25) is 5.91 Å². The molecule has 82 valence electrons. The first kappa shape index (κ1) is 11.1. The Kier molecular flexibility index (Phi) is 2.96. The Morgan fingerprint density at radius 2 is 2.12 bits per heavy atom. The van der Waals surface area contributed by atoms with E-state index in [-0.39, 0.29) is 5.91 Å². The molecule has 0 saturated carbocycles. The number of anilines is 1. The Hall–Kier alpha value is -1.37. The van der Waals surface area contributed by atoms with Gasteiger partial charge in [-0.25, -0.2) is 0 Å². The summed E-state index contributed by atoms with van der Waals surface area (Å²) in [6.07, 6.45) is 0. The molecule has 6 heteroatoms. The Balaban J connectivity index is 2.41. The molecular formula is C10H10BNO3S. The zero-order valence-corrected chi connectivity index (χ0v) is 9.41. The van der Waals surface area contributed by atoms with Crippen LogP contribution in [0.15, 0.2) is 24.3 Å². The second-order valence-electron chi connectivity index (χ2n) is 3.46. The molecule has 16 heavy (non-hydrogen) atoms. The number of hydrogen-bond acceptors (Lipinski definition) is 4. The van der Waals surface area contributed by atoms with E-state index in [4.69, 9.17) is 10.0 Å². The molecule has 1 amide bonds. The van der Waals surface area contributed by atoms with Crippen LogP contribution in [0, 0.1) is 0 Å². The molecule has 0 spiro atoms. The van der Waals surface area contributed by atoms with Crippen LogP contribution in [0.5, 0.6) is 0 Å². The Morgan fingerprint density at radius 3 is 2.75 bits per heavy atom. The van der Waals surface area contributed by atoms with Gasteiger partial charge in [-0.2, -0.15) is 0 Å². The first-order valence-corrected chi connectivity index (χ1v) is 5.55. The van der Waals surface area contributed by atoms with Gasteiger partial charge in [-0.3, -0.25) is 4.79 Å². The summed E-state index contributed by atoms with van der Waals surface area (Å²) >= 11 is 1.40. The fourth-order valence-corrected chi connectivity index (χ4v) is 2.50. The number of benzene rings is 1. The predicted molar refractivity (Wildman–Crippen MR) is 66.0 cm³/mol. The summed E-state index contributed by atoms with van der Waals surface area (Å²) in [6.45, 7) is 1.45. The summed E-state index contributed by atoms with van der Waals surface area (Å²) in [6, 6.07) is 7.01. The van der Waals surface area contributed by atoms with E-state index in [2.05, 4.69) is 5.32 Å². The number of thiophene rings is 1. The lowest BCUT2D eigenvalue weighted by Crippen LogP contribution is -2.29. The highest BCUT2D eigenvalue weighted by atomic mass is 32.1. The van der Waals surface area contributed by atoms with Gasteiger partial charge in [0.25, 0.3) is 0 Å². The van der Waals surface area contributed by atoms with Crippen molar-refractivity contribution in [3.63, 3.8) is 0 Å². The predicted octanol–water partition coefficient (Wildman–Crippen LogP) is 0.539. The van der Waals surface area contributed by atoms with Gasteiger partial charge >= 0.3 is 7.12 Å². The van der Waals surface area contributed by atoms with Crippen LogP contribution >= 0.6 is 11.3 Å². The molecule has 1 aromatic heterocycles. The van der Waals surface area contributed by atoms with Gasteiger partial charge in [-0.15, -0.1) is 11.3 Å². The van der Waals surface area contributed by atoms with E-state index in [0.29, 0.717) is 5.46 Å². The highest BCUT2D eigenvalue weighted by molar-refractivity contribution is 7.23. The van der Waals surface area contributed by atoms with E-state index in [1.165, 1.54) is 18.3 Å². The van der Waals surface area contributed by atoms with Crippen molar-refractivity contribution >= 4 is 44.9 Å². The minimum atomic E-state index is -1.46. The zero-order chi connectivity index (χ0) is 11.7. The zero-order valence-electron chi connectivity index (χ0n) is 8.60. The van der Waals surface area contributed by atoms with Crippen LogP contribution in [0.1, 0.15) is 6.92 Å². The molecule has 0 fully saturated rings. The van der Waals surface area contributed by atoms with E-state index in [1.807, 2.05) is 6.07 Å². The number of amides is 1. The average Bonchev–Trinajstić information content (AvgIpc) is 2.56. The SMILES string of the molecule is CC(=O)Nc1cc2ccc(B(O)O)cc2s1. The molecule has 0 aliphatic rings. The van der Waals surface area contributed by atoms with Gasteiger partial charge in [0.15, 0.2) is 0 Å². The van der Waals surface area contributed by atoms with Gasteiger partial charge < -0.3 is 15.4 Å². The van der Waals surface area contributed by atoms with Crippen LogP contribution in [-0.4, -0.2) is 23.1 Å². The third kappa shape index (κ3) is 2.24. The van der Waals surface area contributed by atoms with Crippen LogP contribution in [-0.2, 0) is 4.79 Å². The van der Waals surface area contributed by atoms with E-state index in [9.17, 15) is 4.79 Å². The monoisotopic (exact) mass is 235 g/mol. The van der Waals surface area contributed by atoms with Crippen LogP contribution in [0.4, 0.5) is 5.00 Å². The molecule has 1 heterocycles. The quantitative estimate of drug-likeness (QED) is 0.665. The number of rotatable bonds is 2. The minimum Gasteiger partial charge on any atom is -0.423 e. The molecule has 3 N–H and O–H groups in total. The van der Waals surface area contributed by atoms with Crippen LogP contribution in [0.3, 0.4) is 0 Å². The van der Waals surface area contributed by atoms with E-state index in [0.717, 1.165) is 15.1 Å². The minimum absolute atomic E-state index is 0.117. The van der Waals surface area contributed by atoms with Crippen molar-refractivity contribution in [2.75, 3.05) is 5.32 Å². The lowest BCUT2D eigenvalue weighted by atomic mass is 9.80. The van der Waals surface area contributed by atoms with E-state index >= 15 is 0 Å². The van der Waals surface area contributed by atoms with Crippen molar-refractivity contribution in [2.24, 2.45) is 0 Å². The molecule has 0 bridgehead atoms. The molecule has 0 radical (unpaired) electrons. The molecule has 2 rings (SSSR count). The number of fused-ring (bicyclic) bond motifs is 1. The Morgan fingerprint density at radius 1 is 1.38 bits per heavy atom. The number of hydrogen-bond donors (Lipinski definition) is 3. The maximum Gasteiger partial charge on any atom is 0.488 e. The molecular weight excluding hydrogens is 225 g/mol. The highest BCUT2D eigenvalue weighted by Gasteiger charge is 2.12. The van der Waals surface area contributed by atoms with Crippen molar-refractivity contribution in [1.29, 1.82) is 0 Å². The van der Waals surface area contributed by atoms with Gasteiger partial charge in [0.05, 0.1) is 5.00 Å². The molecule has 0 atom stereocenters. The first-order valence-electron chi connectivity index (χ1n) is 4.73. The van der Waals surface area contributed by atoms with E-state index < -0.39 is 7.12 Å². The van der Waals surface area contributed by atoms with Gasteiger partial charge in [-0.05, 0) is 23.0 Å². The molecule has 2 aromatic rings. The summed E-state index contributed by atoms with van der Waals surface area (Å²) in [5, 5.41) is 22.5. The fraction of sp³-hybridized carbons (Fsp3) is 0.100. The number of carbonyl (C=O) groups is 1. The second-order valence-corrected chi connectivity index (χ2v) is 4.55. The summed E-state index contributed by atoms with van der Waals surface area (Å²) < 4.78 is 0.911. The maximum absolute atomic E-state index is 10.9. The maximum atomic E-state index is 10.9. The summed E-state index contributed by atoms with van der Waals surface area (Å²) in [5.74, 6) is -0.117. The molecule has 0 aliphatic carbocycles. The lowest BCUT2D eigenvalue weighted by molar-refractivity contribution is -0.114. The molecule has 4 nitrogen and oxygen atoms in total. The normalized spacial score (nSPS) is 10.4. The van der Waals surface area contributed by atoms with E-state index in [1.54, 1.807) is 18.2 Å². The standard InChI is InChI=1S/C10H10BNO3S/c1-6(13)12-10-4-7-2-3-8(11(14)15)5-9(7)16-10/h2-5,14-15H,1H3,(H,12,13). The van der Waals surface area contributed by atoms with Gasteiger partial charge in [0, 0.05) is 11.6 Å². The molecule has 0 saturated heterocycles. The second kappa shape index (κ2) is 4.25. The lowest BCUT2D eigenvalue weighted by Gasteiger charge is -1.97. The van der Waals surface area contributed by atoms with Crippen molar-refractivity contribution in [3.05, 3.63) is 24.3 Å². The fourth-order valence-electron chi connectivity index (χ4n) is 1.44. The van der Waals surface area contributed by atoms with Crippen molar-refractivity contribution in [1.82, 2.24) is 0 Å². The Labute approximate surface area is 96.7 Å². The molecule has 0 unspecified atom stereocenters. The third-order valence-corrected chi connectivity index (χ3v) is 3.15.